The van der Waals surface area contributed by atoms with Crippen molar-refractivity contribution >= 4 is 45.9 Å². The third-order valence-electron chi connectivity index (χ3n) is 5.05. The largest absolute Gasteiger partial charge is 0.497 e. The van der Waals surface area contributed by atoms with Crippen LogP contribution in [0.25, 0.3) is 22.5 Å². The van der Waals surface area contributed by atoms with Crippen LogP contribution in [0, 0.1) is 10.1 Å². The molecule has 0 aliphatic carbocycles. The van der Waals surface area contributed by atoms with Crippen LogP contribution in [0.4, 0.5) is 11.6 Å². The number of aromatic nitrogens is 2. The van der Waals surface area contributed by atoms with Crippen LogP contribution in [0.2, 0.25) is 0 Å². The van der Waals surface area contributed by atoms with Gasteiger partial charge in [-0.25, -0.2) is 15.0 Å². The second kappa shape index (κ2) is 12.1. The number of nitro benzene ring substituents is 1. The van der Waals surface area contributed by atoms with Crippen LogP contribution in [0.5, 0.6) is 5.75 Å². The number of nitrogens with one attached hydrogen (secondary N) is 1. The Morgan fingerprint density at radius 2 is 1.69 bits per heavy atom. The molecule has 9 nitrogen and oxygen atoms in total. The maximum atomic E-state index is 11.3. The lowest BCUT2D eigenvalue weighted by molar-refractivity contribution is -0.384. The minimum absolute atomic E-state index is 0. The summed E-state index contributed by atoms with van der Waals surface area (Å²) in [6.45, 7) is 0.377. The van der Waals surface area contributed by atoms with Crippen molar-refractivity contribution in [1.82, 2.24) is 9.97 Å². The molecule has 0 atom stereocenters. The first-order chi connectivity index (χ1) is 16.9. The predicted molar refractivity (Wildman–Crippen MR) is 146 cm³/mol. The zero-order valence-corrected chi connectivity index (χ0v) is 21.5. The zero-order valence-electron chi connectivity index (χ0n) is 19.1. The molecule has 4 rings (SSSR count). The molecule has 0 fully saturated rings. The number of halogens is 2. The van der Waals surface area contributed by atoms with Gasteiger partial charge in [-0.2, -0.15) is 0 Å². The summed E-state index contributed by atoms with van der Waals surface area (Å²) in [6, 6.07) is 23.2. The van der Waals surface area contributed by atoms with E-state index in [1.165, 1.54) is 12.1 Å². The summed E-state index contributed by atoms with van der Waals surface area (Å²) in [7, 11) is 1.60. The van der Waals surface area contributed by atoms with E-state index in [1.807, 2.05) is 48.5 Å². The number of aliphatic imine (C=N–C) groups is 1. The number of guanidine groups is 1. The lowest BCUT2D eigenvalue weighted by atomic mass is 10.1. The summed E-state index contributed by atoms with van der Waals surface area (Å²) in [4.78, 5) is 24.3. The van der Waals surface area contributed by atoms with Crippen LogP contribution in [-0.4, -0.2) is 28.0 Å². The average molecular weight is 570 g/mol. The number of anilines is 1. The molecular formula is C25H22BrClN6O3. The van der Waals surface area contributed by atoms with Crippen LogP contribution in [-0.2, 0) is 6.54 Å². The number of ether oxygens (including phenoxy) is 1. The maximum absolute atomic E-state index is 11.3. The van der Waals surface area contributed by atoms with Gasteiger partial charge in [0.25, 0.3) is 5.69 Å². The van der Waals surface area contributed by atoms with Gasteiger partial charge in [0.2, 0.25) is 5.95 Å². The number of nitrogens with zero attached hydrogens (tertiary/aromatic N) is 4. The number of hydrogen-bond donors (Lipinski definition) is 2. The normalized spacial score (nSPS) is 10.9. The van der Waals surface area contributed by atoms with E-state index in [4.69, 9.17) is 10.5 Å². The van der Waals surface area contributed by atoms with Gasteiger partial charge in [0.1, 0.15) is 5.75 Å². The Bertz CT molecular complexity index is 1380. The van der Waals surface area contributed by atoms with Crippen molar-refractivity contribution < 1.29 is 9.66 Å². The summed E-state index contributed by atoms with van der Waals surface area (Å²) in [6.07, 6.45) is 0. The molecule has 184 valence electrons. The first-order valence-corrected chi connectivity index (χ1v) is 11.3. The summed E-state index contributed by atoms with van der Waals surface area (Å²) >= 11 is 3.41. The van der Waals surface area contributed by atoms with E-state index in [2.05, 4.69) is 36.2 Å². The second-order valence-electron chi connectivity index (χ2n) is 7.45. The van der Waals surface area contributed by atoms with Gasteiger partial charge in [0.05, 0.1) is 30.0 Å². The summed E-state index contributed by atoms with van der Waals surface area (Å²) in [5, 5.41) is 14.2. The highest BCUT2D eigenvalue weighted by Gasteiger charge is 2.13. The van der Waals surface area contributed by atoms with E-state index in [1.54, 1.807) is 25.3 Å². The van der Waals surface area contributed by atoms with E-state index in [9.17, 15) is 10.1 Å². The number of non-ortho nitro benzene ring substituents is 1. The molecule has 0 saturated carbocycles. The molecule has 1 heterocycles. The number of rotatable bonds is 7. The van der Waals surface area contributed by atoms with Gasteiger partial charge < -0.3 is 10.5 Å². The first-order valence-electron chi connectivity index (χ1n) is 10.5. The Kier molecular flexibility index (Phi) is 8.93. The average Bonchev–Trinajstić information content (AvgIpc) is 2.88. The fourth-order valence-electron chi connectivity index (χ4n) is 3.26. The zero-order chi connectivity index (χ0) is 24.8. The first kappa shape index (κ1) is 26.6. The van der Waals surface area contributed by atoms with Gasteiger partial charge in [0.15, 0.2) is 5.96 Å². The minimum Gasteiger partial charge on any atom is -0.497 e. The fourth-order valence-corrected chi connectivity index (χ4v) is 3.52. The van der Waals surface area contributed by atoms with E-state index < -0.39 is 4.92 Å². The Hall–Kier alpha value is -4.02. The van der Waals surface area contributed by atoms with Crippen molar-refractivity contribution in [3.05, 3.63) is 99.0 Å². The monoisotopic (exact) mass is 568 g/mol. The predicted octanol–water partition coefficient (Wildman–Crippen LogP) is 5.84. The minimum atomic E-state index is -0.443. The smallest absolute Gasteiger partial charge is 0.270 e. The molecule has 0 spiro atoms. The number of nitro groups is 1. The highest BCUT2D eigenvalue weighted by Crippen LogP contribution is 2.28. The summed E-state index contributed by atoms with van der Waals surface area (Å²) in [5.74, 6) is 1.08. The van der Waals surface area contributed by atoms with Gasteiger partial charge in [-0.1, -0.05) is 40.2 Å². The fraction of sp³-hybridized carbons (Fsp3) is 0.0800. The maximum Gasteiger partial charge on any atom is 0.270 e. The van der Waals surface area contributed by atoms with Gasteiger partial charge in [-0.05, 0) is 48.0 Å². The Balaban J connectivity index is 0.00000361. The number of hydrogen-bond acceptors (Lipinski definition) is 6. The SMILES string of the molecule is COc1ccc(-c2cc(-c3cccc([N+](=O)[O-])c3)nc(NC(N)=NCc3ccc(Br)cc3)n2)cc1.Cl. The molecule has 1 aromatic heterocycles. The Labute approximate surface area is 222 Å². The highest BCUT2D eigenvalue weighted by molar-refractivity contribution is 9.10. The standard InChI is InChI=1S/C25H21BrN6O3.ClH/c1-35-21-11-7-17(8-12-21)22-14-23(18-3-2-4-20(13-18)32(33)34)30-25(29-22)31-24(27)28-15-16-5-9-19(26)10-6-16;/h2-14H,15H2,1H3,(H3,27,28,29,30,31);1H. The van der Waals surface area contributed by atoms with Gasteiger partial charge in [-0.3, -0.25) is 15.4 Å². The van der Waals surface area contributed by atoms with Crippen LogP contribution in [0.3, 0.4) is 0 Å². The quantitative estimate of drug-likeness (QED) is 0.124. The molecule has 0 unspecified atom stereocenters. The molecule has 11 heteroatoms. The lowest BCUT2D eigenvalue weighted by Gasteiger charge is -2.11. The molecule has 0 bridgehead atoms. The van der Waals surface area contributed by atoms with Crippen molar-refractivity contribution in [2.24, 2.45) is 10.7 Å². The number of methoxy groups -OCH3 is 1. The summed E-state index contributed by atoms with van der Waals surface area (Å²) < 4.78 is 6.22. The van der Waals surface area contributed by atoms with Gasteiger partial charge in [0, 0.05) is 27.7 Å². The molecule has 36 heavy (non-hydrogen) atoms. The third kappa shape index (κ3) is 6.77. The molecule has 0 aliphatic rings. The number of nitrogens with two attached hydrogens (primary N) is 1. The summed E-state index contributed by atoms with van der Waals surface area (Å²) in [5.41, 5.74) is 9.55. The molecule has 0 amide bonds. The highest BCUT2D eigenvalue weighted by atomic mass is 79.9. The van der Waals surface area contributed by atoms with E-state index in [0.29, 0.717) is 29.2 Å². The molecule has 0 radical (unpaired) electrons. The molecular weight excluding hydrogens is 548 g/mol. The van der Waals surface area contributed by atoms with Gasteiger partial charge in [-0.15, -0.1) is 12.4 Å². The van der Waals surface area contributed by atoms with E-state index in [0.717, 1.165) is 15.6 Å². The van der Waals surface area contributed by atoms with E-state index in [-0.39, 0.29) is 30.0 Å². The van der Waals surface area contributed by atoms with Crippen molar-refractivity contribution in [2.75, 3.05) is 12.4 Å². The van der Waals surface area contributed by atoms with Crippen molar-refractivity contribution in [1.29, 1.82) is 0 Å². The topological polar surface area (TPSA) is 129 Å². The molecule has 4 aromatic rings. The van der Waals surface area contributed by atoms with Crippen molar-refractivity contribution in [3.63, 3.8) is 0 Å². The van der Waals surface area contributed by atoms with Gasteiger partial charge >= 0.3 is 0 Å². The Morgan fingerprint density at radius 1 is 1.03 bits per heavy atom. The third-order valence-corrected chi connectivity index (χ3v) is 5.58. The lowest BCUT2D eigenvalue weighted by Crippen LogP contribution is -2.24. The Morgan fingerprint density at radius 3 is 2.33 bits per heavy atom. The molecule has 0 saturated heterocycles. The van der Waals surface area contributed by atoms with Crippen LogP contribution >= 0.6 is 28.3 Å². The van der Waals surface area contributed by atoms with Crippen LogP contribution < -0.4 is 15.8 Å². The van der Waals surface area contributed by atoms with Crippen molar-refractivity contribution in [3.8, 4) is 28.3 Å². The number of benzene rings is 3. The molecule has 0 aliphatic heterocycles. The molecule has 3 aromatic carbocycles. The van der Waals surface area contributed by atoms with Crippen molar-refractivity contribution in [2.45, 2.75) is 6.54 Å². The second-order valence-corrected chi connectivity index (χ2v) is 8.37. The van der Waals surface area contributed by atoms with Crippen LogP contribution in [0.1, 0.15) is 5.56 Å². The van der Waals surface area contributed by atoms with Crippen LogP contribution in [0.15, 0.2) is 88.3 Å². The van der Waals surface area contributed by atoms with E-state index >= 15 is 0 Å². The molecule has 3 N–H and O–H groups in total.